The van der Waals surface area contributed by atoms with Crippen LogP contribution < -0.4 is 5.43 Å². The minimum atomic E-state index is 0.326. The molecular weight excluding hydrogens is 158 g/mol. The molecule has 1 aromatic rings. The predicted octanol–water partition coefficient (Wildman–Crippen LogP) is 1.15. The molecule has 2 heterocycles. The zero-order valence-corrected chi connectivity index (χ0v) is 7.01. The van der Waals surface area contributed by atoms with Crippen LogP contribution in [0.25, 0.3) is 0 Å². The third-order valence-electron chi connectivity index (χ3n) is 1.60. The van der Waals surface area contributed by atoms with Crippen LogP contribution in [0.4, 0.5) is 0 Å². The van der Waals surface area contributed by atoms with Gasteiger partial charge < -0.3 is 5.01 Å². The second kappa shape index (κ2) is 2.64. The molecule has 0 amide bonds. The summed E-state index contributed by atoms with van der Waals surface area (Å²) in [6.45, 7) is 0. The highest BCUT2D eigenvalue weighted by molar-refractivity contribution is 7.09. The van der Waals surface area contributed by atoms with Crippen LogP contribution in [0.1, 0.15) is 10.9 Å². The van der Waals surface area contributed by atoms with E-state index in [2.05, 4.69) is 16.5 Å². The van der Waals surface area contributed by atoms with Crippen molar-refractivity contribution < 1.29 is 0 Å². The molecule has 3 nitrogen and oxygen atoms in total. The number of nitrogens with zero attached hydrogens (tertiary/aromatic N) is 2. The molecule has 4 heteroatoms. The molecule has 0 fully saturated rings. The zero-order chi connectivity index (χ0) is 7.68. The summed E-state index contributed by atoms with van der Waals surface area (Å²) in [7, 11) is 1.98. The molecule has 1 unspecified atom stereocenters. The molecular formula is C7H9N3S. The number of hydrazine groups is 1. The van der Waals surface area contributed by atoms with E-state index in [9.17, 15) is 0 Å². The molecule has 1 aromatic heterocycles. The summed E-state index contributed by atoms with van der Waals surface area (Å²) in [5.41, 5.74) is 5.10. The van der Waals surface area contributed by atoms with Gasteiger partial charge in [-0.3, -0.25) is 4.98 Å². The van der Waals surface area contributed by atoms with E-state index in [-0.39, 0.29) is 0 Å². The van der Waals surface area contributed by atoms with Crippen LogP contribution in [0.2, 0.25) is 0 Å². The van der Waals surface area contributed by atoms with Gasteiger partial charge in [0, 0.05) is 24.3 Å². The van der Waals surface area contributed by atoms with Gasteiger partial charge in [0.2, 0.25) is 0 Å². The summed E-state index contributed by atoms with van der Waals surface area (Å²) < 4.78 is 0. The van der Waals surface area contributed by atoms with Crippen LogP contribution >= 0.6 is 11.3 Å². The van der Waals surface area contributed by atoms with E-state index in [1.54, 1.807) is 11.3 Å². The number of thiazole rings is 1. The first-order valence-electron chi connectivity index (χ1n) is 3.42. The van der Waals surface area contributed by atoms with E-state index < -0.39 is 0 Å². The Hall–Kier alpha value is -0.870. The standard InChI is InChI=1S/C7H9N3S/c1-10-3-2-6(9-10)7-4-8-5-11-7/h2-6,9H,1H3. The molecule has 0 saturated carbocycles. The van der Waals surface area contributed by atoms with Crippen molar-refractivity contribution in [3.8, 4) is 0 Å². The maximum atomic E-state index is 4.02. The lowest BCUT2D eigenvalue weighted by Gasteiger charge is -2.12. The normalized spacial score (nSPS) is 23.0. The SMILES string of the molecule is CN1C=CC(c2cncs2)N1. The number of nitrogens with one attached hydrogen (secondary N) is 1. The molecule has 0 bridgehead atoms. The fourth-order valence-corrected chi connectivity index (χ4v) is 1.70. The molecule has 1 N–H and O–H groups in total. The van der Waals surface area contributed by atoms with E-state index in [0.717, 1.165) is 0 Å². The van der Waals surface area contributed by atoms with Gasteiger partial charge in [-0.1, -0.05) is 0 Å². The lowest BCUT2D eigenvalue weighted by atomic mass is 10.3. The minimum Gasteiger partial charge on any atom is -0.318 e. The van der Waals surface area contributed by atoms with E-state index in [1.165, 1.54) is 4.88 Å². The quantitative estimate of drug-likeness (QED) is 0.680. The van der Waals surface area contributed by atoms with Crippen molar-refractivity contribution in [3.05, 3.63) is 28.9 Å². The molecule has 1 atom stereocenters. The predicted molar refractivity (Wildman–Crippen MR) is 44.9 cm³/mol. The highest BCUT2D eigenvalue weighted by Gasteiger charge is 2.14. The maximum Gasteiger partial charge on any atom is 0.0818 e. The minimum absolute atomic E-state index is 0.326. The number of rotatable bonds is 1. The average molecular weight is 167 g/mol. The Labute approximate surface area is 69.3 Å². The lowest BCUT2D eigenvalue weighted by molar-refractivity contribution is 0.335. The van der Waals surface area contributed by atoms with Crippen molar-refractivity contribution in [2.75, 3.05) is 7.05 Å². The van der Waals surface area contributed by atoms with Gasteiger partial charge in [0.1, 0.15) is 0 Å². The van der Waals surface area contributed by atoms with Gasteiger partial charge >= 0.3 is 0 Å². The number of aromatic nitrogens is 1. The summed E-state index contributed by atoms with van der Waals surface area (Å²) in [6, 6.07) is 0.326. The van der Waals surface area contributed by atoms with E-state index in [4.69, 9.17) is 0 Å². The molecule has 1 aliphatic heterocycles. The first-order valence-corrected chi connectivity index (χ1v) is 4.30. The second-order valence-corrected chi connectivity index (χ2v) is 3.38. The second-order valence-electron chi connectivity index (χ2n) is 2.46. The topological polar surface area (TPSA) is 28.2 Å². The Morgan fingerprint density at radius 1 is 1.73 bits per heavy atom. The van der Waals surface area contributed by atoms with Gasteiger partial charge in [-0.2, -0.15) is 0 Å². The smallest absolute Gasteiger partial charge is 0.0818 e. The van der Waals surface area contributed by atoms with Crippen LogP contribution in [0.5, 0.6) is 0 Å². The monoisotopic (exact) mass is 167 g/mol. The molecule has 2 rings (SSSR count). The van der Waals surface area contributed by atoms with Gasteiger partial charge in [-0.05, 0) is 6.08 Å². The zero-order valence-electron chi connectivity index (χ0n) is 6.19. The molecule has 0 aliphatic carbocycles. The molecule has 0 spiro atoms. The fraction of sp³-hybridized carbons (Fsp3) is 0.286. The van der Waals surface area contributed by atoms with Crippen LogP contribution in [0.15, 0.2) is 24.0 Å². The number of hydrogen-bond acceptors (Lipinski definition) is 4. The first kappa shape index (κ1) is 6.82. The van der Waals surface area contributed by atoms with E-state index in [0.29, 0.717) is 6.04 Å². The molecule has 0 radical (unpaired) electrons. The van der Waals surface area contributed by atoms with Gasteiger partial charge in [-0.25, -0.2) is 5.43 Å². The lowest BCUT2D eigenvalue weighted by Crippen LogP contribution is -2.26. The van der Waals surface area contributed by atoms with Crippen molar-refractivity contribution in [1.82, 2.24) is 15.4 Å². The molecule has 0 aromatic carbocycles. The van der Waals surface area contributed by atoms with Crippen molar-refractivity contribution in [3.63, 3.8) is 0 Å². The maximum absolute atomic E-state index is 4.02. The summed E-state index contributed by atoms with van der Waals surface area (Å²) in [5, 5.41) is 1.95. The van der Waals surface area contributed by atoms with Crippen LogP contribution in [0, 0.1) is 0 Å². The first-order chi connectivity index (χ1) is 5.36. The van der Waals surface area contributed by atoms with Crippen molar-refractivity contribution in [2.45, 2.75) is 6.04 Å². The average Bonchev–Trinajstić information content (AvgIpc) is 2.55. The summed E-state index contributed by atoms with van der Waals surface area (Å²) in [6.07, 6.45) is 6.03. The summed E-state index contributed by atoms with van der Waals surface area (Å²) in [5.74, 6) is 0. The molecule has 58 valence electrons. The molecule has 1 aliphatic rings. The Balaban J connectivity index is 2.15. The largest absolute Gasteiger partial charge is 0.318 e. The van der Waals surface area contributed by atoms with E-state index >= 15 is 0 Å². The summed E-state index contributed by atoms with van der Waals surface area (Å²) in [4.78, 5) is 5.27. The summed E-state index contributed by atoms with van der Waals surface area (Å²) >= 11 is 1.67. The Kier molecular flexibility index (Phi) is 1.63. The van der Waals surface area contributed by atoms with Crippen molar-refractivity contribution >= 4 is 11.3 Å². The van der Waals surface area contributed by atoms with E-state index in [1.807, 2.05) is 30.0 Å². The van der Waals surface area contributed by atoms with Crippen LogP contribution in [-0.2, 0) is 0 Å². The third kappa shape index (κ3) is 1.27. The fourth-order valence-electron chi connectivity index (χ4n) is 1.06. The Bertz CT molecular complexity index is 255. The van der Waals surface area contributed by atoms with Crippen LogP contribution in [-0.4, -0.2) is 17.0 Å². The third-order valence-corrected chi connectivity index (χ3v) is 2.46. The molecule has 11 heavy (non-hydrogen) atoms. The molecule has 0 saturated heterocycles. The van der Waals surface area contributed by atoms with Crippen molar-refractivity contribution in [1.29, 1.82) is 0 Å². The van der Waals surface area contributed by atoms with Crippen LogP contribution in [0.3, 0.4) is 0 Å². The Morgan fingerprint density at radius 2 is 2.64 bits per heavy atom. The van der Waals surface area contributed by atoms with Gasteiger partial charge in [0.25, 0.3) is 0 Å². The van der Waals surface area contributed by atoms with Crippen molar-refractivity contribution in [2.24, 2.45) is 0 Å². The van der Waals surface area contributed by atoms with Gasteiger partial charge in [0.15, 0.2) is 0 Å². The Morgan fingerprint density at radius 3 is 3.18 bits per heavy atom. The van der Waals surface area contributed by atoms with Gasteiger partial charge in [0.05, 0.1) is 11.6 Å². The number of hydrogen-bond donors (Lipinski definition) is 1. The highest BCUT2D eigenvalue weighted by Crippen LogP contribution is 2.21. The van der Waals surface area contributed by atoms with Gasteiger partial charge in [-0.15, -0.1) is 11.3 Å². The highest BCUT2D eigenvalue weighted by atomic mass is 32.1.